The second-order valence-corrected chi connectivity index (χ2v) is 7.81. The van der Waals surface area contributed by atoms with Gasteiger partial charge >= 0.3 is 0 Å². The summed E-state index contributed by atoms with van der Waals surface area (Å²) < 4.78 is 5.69. The van der Waals surface area contributed by atoms with E-state index in [4.69, 9.17) is 9.73 Å². The normalized spacial score (nSPS) is 18.2. The van der Waals surface area contributed by atoms with E-state index in [-0.39, 0.29) is 4.75 Å². The predicted molar refractivity (Wildman–Crippen MR) is 95.9 cm³/mol. The van der Waals surface area contributed by atoms with E-state index in [1.54, 1.807) is 7.11 Å². The van der Waals surface area contributed by atoms with Crippen LogP contribution >= 0.6 is 11.8 Å². The Morgan fingerprint density at radius 2 is 2.18 bits per heavy atom. The number of methoxy groups -OCH3 is 1. The summed E-state index contributed by atoms with van der Waals surface area (Å²) >= 11 is 2.04. The lowest BCUT2D eigenvalue weighted by molar-refractivity contribution is 0.375. The molecule has 0 atom stereocenters. The molecule has 1 aromatic carbocycles. The zero-order valence-corrected chi connectivity index (χ0v) is 14.9. The summed E-state index contributed by atoms with van der Waals surface area (Å²) in [6, 6.07) is 8.07. The Labute approximate surface area is 138 Å². The van der Waals surface area contributed by atoms with Gasteiger partial charge in [-0.25, -0.2) is 4.99 Å². The molecule has 0 saturated carbocycles. The Balaban J connectivity index is 2.13. The number of ether oxygens (including phenoxy) is 1. The first kappa shape index (κ1) is 17.0. The van der Waals surface area contributed by atoms with Gasteiger partial charge in [-0.05, 0) is 26.8 Å². The standard InChI is InChI=1S/C17H27N3OS/c1-5-18-16(20-10-11-22-17(2,3)13-20)19-12-14-8-6-7-9-15(14)21-4/h6-9H,5,10-13H2,1-4H3,(H,18,19). The van der Waals surface area contributed by atoms with Crippen molar-refractivity contribution in [1.82, 2.24) is 10.2 Å². The molecule has 0 amide bonds. The number of hydrogen-bond acceptors (Lipinski definition) is 3. The Morgan fingerprint density at radius 3 is 2.86 bits per heavy atom. The highest BCUT2D eigenvalue weighted by molar-refractivity contribution is 8.00. The number of nitrogens with zero attached hydrogens (tertiary/aromatic N) is 2. The molecule has 0 aliphatic carbocycles. The molecule has 5 heteroatoms. The maximum absolute atomic E-state index is 5.41. The van der Waals surface area contributed by atoms with Gasteiger partial charge in [0, 0.05) is 35.7 Å². The first-order valence-electron chi connectivity index (χ1n) is 7.85. The fourth-order valence-corrected chi connectivity index (χ4v) is 3.73. The van der Waals surface area contributed by atoms with Crippen LogP contribution in [-0.2, 0) is 6.54 Å². The van der Waals surface area contributed by atoms with Gasteiger partial charge in [0.1, 0.15) is 5.75 Å². The van der Waals surface area contributed by atoms with Crippen molar-refractivity contribution < 1.29 is 4.74 Å². The van der Waals surface area contributed by atoms with E-state index in [1.807, 2.05) is 30.0 Å². The maximum Gasteiger partial charge on any atom is 0.194 e. The fraction of sp³-hybridized carbons (Fsp3) is 0.588. The average Bonchev–Trinajstić information content (AvgIpc) is 2.50. The lowest BCUT2D eigenvalue weighted by atomic mass is 10.2. The van der Waals surface area contributed by atoms with Crippen LogP contribution in [0, 0.1) is 0 Å². The maximum atomic E-state index is 5.41. The number of para-hydroxylation sites is 1. The Kier molecular flexibility index (Phi) is 6.00. The summed E-state index contributed by atoms with van der Waals surface area (Å²) in [6.45, 7) is 10.3. The third kappa shape index (κ3) is 4.57. The van der Waals surface area contributed by atoms with Gasteiger partial charge in [0.05, 0.1) is 13.7 Å². The van der Waals surface area contributed by atoms with Crippen molar-refractivity contribution >= 4 is 17.7 Å². The van der Waals surface area contributed by atoms with Crippen molar-refractivity contribution in [3.05, 3.63) is 29.8 Å². The number of benzene rings is 1. The third-order valence-electron chi connectivity index (χ3n) is 3.65. The van der Waals surface area contributed by atoms with Gasteiger partial charge in [0.2, 0.25) is 0 Å². The minimum absolute atomic E-state index is 0.277. The number of hydrogen-bond donors (Lipinski definition) is 1. The second-order valence-electron chi connectivity index (χ2n) is 6.01. The summed E-state index contributed by atoms with van der Waals surface area (Å²) in [5.41, 5.74) is 1.12. The zero-order chi connectivity index (χ0) is 16.0. The van der Waals surface area contributed by atoms with Crippen molar-refractivity contribution in [1.29, 1.82) is 0 Å². The molecule has 1 saturated heterocycles. The Morgan fingerprint density at radius 1 is 1.41 bits per heavy atom. The van der Waals surface area contributed by atoms with Crippen LogP contribution in [0.1, 0.15) is 26.3 Å². The van der Waals surface area contributed by atoms with E-state index in [0.29, 0.717) is 6.54 Å². The quantitative estimate of drug-likeness (QED) is 0.683. The summed E-state index contributed by atoms with van der Waals surface area (Å²) in [5.74, 6) is 3.05. The molecule has 1 aromatic rings. The topological polar surface area (TPSA) is 36.9 Å². The molecule has 1 fully saturated rings. The zero-order valence-electron chi connectivity index (χ0n) is 14.1. The van der Waals surface area contributed by atoms with Gasteiger partial charge in [-0.3, -0.25) is 0 Å². The van der Waals surface area contributed by atoms with Crippen LogP contribution in [-0.4, -0.2) is 48.1 Å². The lowest BCUT2D eigenvalue weighted by Gasteiger charge is -2.39. The third-order valence-corrected chi connectivity index (χ3v) is 4.95. The van der Waals surface area contributed by atoms with Crippen LogP contribution in [0.25, 0.3) is 0 Å². The van der Waals surface area contributed by atoms with Gasteiger partial charge in [-0.15, -0.1) is 0 Å². The molecular formula is C17H27N3OS. The Bertz CT molecular complexity index is 516. The van der Waals surface area contributed by atoms with E-state index in [1.165, 1.54) is 0 Å². The largest absolute Gasteiger partial charge is 0.496 e. The molecule has 4 nitrogen and oxygen atoms in total. The van der Waals surface area contributed by atoms with Gasteiger partial charge in [0.25, 0.3) is 0 Å². The fourth-order valence-electron chi connectivity index (χ4n) is 2.62. The first-order valence-corrected chi connectivity index (χ1v) is 8.83. The number of thioether (sulfide) groups is 1. The van der Waals surface area contributed by atoms with Crippen LogP contribution in [0.15, 0.2) is 29.3 Å². The van der Waals surface area contributed by atoms with E-state index in [2.05, 4.69) is 37.1 Å². The van der Waals surface area contributed by atoms with E-state index in [0.717, 1.165) is 42.7 Å². The van der Waals surface area contributed by atoms with Crippen molar-refractivity contribution in [2.45, 2.75) is 32.1 Å². The second kappa shape index (κ2) is 7.77. The smallest absolute Gasteiger partial charge is 0.194 e. The van der Waals surface area contributed by atoms with Crippen LogP contribution in [0.2, 0.25) is 0 Å². The molecular weight excluding hydrogens is 294 g/mol. The molecule has 0 radical (unpaired) electrons. The van der Waals surface area contributed by atoms with Crippen LogP contribution in [0.4, 0.5) is 0 Å². The SMILES string of the molecule is CCNC(=NCc1ccccc1OC)N1CCSC(C)(C)C1. The number of guanidine groups is 1. The highest BCUT2D eigenvalue weighted by Gasteiger charge is 2.28. The summed E-state index contributed by atoms with van der Waals surface area (Å²) in [7, 11) is 1.71. The molecule has 1 N–H and O–H groups in total. The van der Waals surface area contributed by atoms with Gasteiger partial charge in [-0.1, -0.05) is 18.2 Å². The molecule has 0 aromatic heterocycles. The number of rotatable bonds is 4. The highest BCUT2D eigenvalue weighted by Crippen LogP contribution is 2.29. The predicted octanol–water partition coefficient (Wildman–Crippen LogP) is 2.99. The first-order chi connectivity index (χ1) is 10.6. The minimum Gasteiger partial charge on any atom is -0.496 e. The molecule has 1 aliphatic heterocycles. The average molecular weight is 321 g/mol. The van der Waals surface area contributed by atoms with Crippen LogP contribution < -0.4 is 10.1 Å². The number of nitrogens with one attached hydrogen (secondary N) is 1. The van der Waals surface area contributed by atoms with E-state index >= 15 is 0 Å². The summed E-state index contributed by atoms with van der Waals surface area (Å²) in [5, 5.41) is 3.42. The monoisotopic (exact) mass is 321 g/mol. The summed E-state index contributed by atoms with van der Waals surface area (Å²) in [6.07, 6.45) is 0. The molecule has 1 heterocycles. The molecule has 0 spiro atoms. The summed E-state index contributed by atoms with van der Waals surface area (Å²) in [4.78, 5) is 7.19. The van der Waals surface area contributed by atoms with E-state index < -0.39 is 0 Å². The highest BCUT2D eigenvalue weighted by atomic mass is 32.2. The number of aliphatic imine (C=N–C) groups is 1. The van der Waals surface area contributed by atoms with Crippen molar-refractivity contribution in [3.8, 4) is 5.75 Å². The molecule has 22 heavy (non-hydrogen) atoms. The molecule has 2 rings (SSSR count). The van der Waals surface area contributed by atoms with Gasteiger partial charge in [0.15, 0.2) is 5.96 Å². The molecule has 122 valence electrons. The van der Waals surface area contributed by atoms with Gasteiger partial charge < -0.3 is 15.0 Å². The van der Waals surface area contributed by atoms with Crippen molar-refractivity contribution in [2.24, 2.45) is 4.99 Å². The van der Waals surface area contributed by atoms with Crippen molar-refractivity contribution in [3.63, 3.8) is 0 Å². The van der Waals surface area contributed by atoms with Crippen LogP contribution in [0.3, 0.4) is 0 Å². The van der Waals surface area contributed by atoms with Crippen molar-refractivity contribution in [2.75, 3.05) is 32.5 Å². The Hall–Kier alpha value is -1.36. The molecule has 1 aliphatic rings. The van der Waals surface area contributed by atoms with Crippen LogP contribution in [0.5, 0.6) is 5.75 Å². The van der Waals surface area contributed by atoms with E-state index in [9.17, 15) is 0 Å². The molecule has 0 bridgehead atoms. The molecule has 0 unspecified atom stereocenters. The minimum atomic E-state index is 0.277. The lowest BCUT2D eigenvalue weighted by Crippen LogP contribution is -2.50. The van der Waals surface area contributed by atoms with Gasteiger partial charge in [-0.2, -0.15) is 11.8 Å².